The SMILES string of the molecule is Nc1nc(OCc2ccc(Cl)cc2)ncc1[N+](=O)[O-]. The van der Waals surface area contributed by atoms with Gasteiger partial charge in [0.15, 0.2) is 0 Å². The topological polar surface area (TPSA) is 104 Å². The molecule has 8 heteroatoms. The van der Waals surface area contributed by atoms with Crippen LogP contribution in [0, 0.1) is 10.1 Å². The number of nitrogen functional groups attached to an aromatic ring is 1. The van der Waals surface area contributed by atoms with Gasteiger partial charge in [0.25, 0.3) is 0 Å². The molecule has 0 aliphatic heterocycles. The van der Waals surface area contributed by atoms with Gasteiger partial charge in [0, 0.05) is 5.02 Å². The summed E-state index contributed by atoms with van der Waals surface area (Å²) >= 11 is 5.75. The first-order valence-electron chi connectivity index (χ1n) is 5.20. The van der Waals surface area contributed by atoms with Crippen molar-refractivity contribution in [2.45, 2.75) is 6.61 Å². The molecule has 0 saturated carbocycles. The molecule has 0 unspecified atom stereocenters. The van der Waals surface area contributed by atoms with E-state index < -0.39 is 4.92 Å². The zero-order chi connectivity index (χ0) is 13.8. The van der Waals surface area contributed by atoms with E-state index >= 15 is 0 Å². The minimum absolute atomic E-state index is 0.0157. The van der Waals surface area contributed by atoms with Gasteiger partial charge in [-0.05, 0) is 17.7 Å². The maximum atomic E-state index is 10.5. The quantitative estimate of drug-likeness (QED) is 0.680. The number of hydrogen-bond acceptors (Lipinski definition) is 6. The van der Waals surface area contributed by atoms with Gasteiger partial charge in [0.1, 0.15) is 12.8 Å². The number of nitrogens with two attached hydrogens (primary N) is 1. The molecule has 0 bridgehead atoms. The molecule has 0 aliphatic rings. The smallest absolute Gasteiger partial charge is 0.329 e. The van der Waals surface area contributed by atoms with E-state index in [1.165, 1.54) is 0 Å². The first-order chi connectivity index (χ1) is 9.06. The highest BCUT2D eigenvalue weighted by Gasteiger charge is 2.14. The lowest BCUT2D eigenvalue weighted by Crippen LogP contribution is -2.04. The van der Waals surface area contributed by atoms with Crippen LogP contribution in [0.1, 0.15) is 5.56 Å². The van der Waals surface area contributed by atoms with Gasteiger partial charge in [0.05, 0.1) is 4.92 Å². The lowest BCUT2D eigenvalue weighted by Gasteiger charge is -2.05. The maximum Gasteiger partial charge on any atom is 0.329 e. The fourth-order valence-corrected chi connectivity index (χ4v) is 1.44. The predicted molar refractivity (Wildman–Crippen MR) is 68.9 cm³/mol. The van der Waals surface area contributed by atoms with Crippen LogP contribution in [0.2, 0.25) is 5.02 Å². The van der Waals surface area contributed by atoms with E-state index in [1.54, 1.807) is 24.3 Å². The minimum atomic E-state index is -0.654. The number of halogens is 1. The van der Waals surface area contributed by atoms with Crippen molar-refractivity contribution in [3.8, 4) is 6.01 Å². The number of aromatic nitrogens is 2. The van der Waals surface area contributed by atoms with Crippen LogP contribution in [0.25, 0.3) is 0 Å². The molecule has 7 nitrogen and oxygen atoms in total. The van der Waals surface area contributed by atoms with Crippen LogP contribution in [0.3, 0.4) is 0 Å². The van der Waals surface area contributed by atoms with Crippen LogP contribution in [0.15, 0.2) is 30.5 Å². The molecule has 0 saturated heterocycles. The molecule has 0 amide bonds. The van der Waals surface area contributed by atoms with Crippen molar-refractivity contribution in [1.82, 2.24) is 9.97 Å². The van der Waals surface area contributed by atoms with E-state index in [0.29, 0.717) is 5.02 Å². The van der Waals surface area contributed by atoms with Crippen molar-refractivity contribution in [3.05, 3.63) is 51.2 Å². The van der Waals surface area contributed by atoms with Crippen LogP contribution in [0.4, 0.5) is 11.5 Å². The van der Waals surface area contributed by atoms with Crippen molar-refractivity contribution >= 4 is 23.1 Å². The van der Waals surface area contributed by atoms with Crippen LogP contribution in [0.5, 0.6) is 6.01 Å². The second-order valence-corrected chi connectivity index (χ2v) is 4.03. The van der Waals surface area contributed by atoms with Crippen LogP contribution in [-0.2, 0) is 6.61 Å². The summed E-state index contributed by atoms with van der Waals surface area (Å²) in [5, 5.41) is 11.2. The molecule has 1 aromatic heterocycles. The third-order valence-corrected chi connectivity index (χ3v) is 2.51. The van der Waals surface area contributed by atoms with Crippen LogP contribution >= 0.6 is 11.6 Å². The van der Waals surface area contributed by atoms with E-state index in [2.05, 4.69) is 9.97 Å². The van der Waals surface area contributed by atoms with Gasteiger partial charge in [-0.15, -0.1) is 0 Å². The second kappa shape index (κ2) is 5.49. The Morgan fingerprint density at radius 3 is 2.63 bits per heavy atom. The van der Waals surface area contributed by atoms with Gasteiger partial charge in [-0.2, -0.15) is 9.97 Å². The average molecular weight is 281 g/mol. The third-order valence-electron chi connectivity index (χ3n) is 2.25. The molecule has 0 aliphatic carbocycles. The summed E-state index contributed by atoms with van der Waals surface area (Å²) in [6.45, 7) is 0.217. The zero-order valence-electron chi connectivity index (χ0n) is 9.62. The fourth-order valence-electron chi connectivity index (χ4n) is 1.31. The van der Waals surface area contributed by atoms with Crippen LogP contribution < -0.4 is 10.5 Å². The van der Waals surface area contributed by atoms with Gasteiger partial charge in [-0.25, -0.2) is 0 Å². The average Bonchev–Trinajstić information content (AvgIpc) is 2.37. The lowest BCUT2D eigenvalue weighted by atomic mass is 10.2. The molecule has 98 valence electrons. The Morgan fingerprint density at radius 2 is 2.05 bits per heavy atom. The molecule has 0 spiro atoms. The van der Waals surface area contributed by atoms with E-state index in [9.17, 15) is 10.1 Å². The molecular weight excluding hydrogens is 272 g/mol. The van der Waals surface area contributed by atoms with Gasteiger partial charge in [-0.3, -0.25) is 10.1 Å². The first-order valence-corrected chi connectivity index (χ1v) is 5.58. The second-order valence-electron chi connectivity index (χ2n) is 3.60. The maximum absolute atomic E-state index is 10.5. The Hall–Kier alpha value is -2.41. The molecular formula is C11H9ClN4O3. The van der Waals surface area contributed by atoms with Crippen LogP contribution in [-0.4, -0.2) is 14.9 Å². The summed E-state index contributed by atoms with van der Waals surface area (Å²) in [4.78, 5) is 17.3. The molecule has 2 N–H and O–H groups in total. The number of rotatable bonds is 4. The summed E-state index contributed by atoms with van der Waals surface area (Å²) < 4.78 is 5.28. The Kier molecular flexibility index (Phi) is 3.76. The monoisotopic (exact) mass is 280 g/mol. The zero-order valence-corrected chi connectivity index (χ0v) is 10.4. The Bertz CT molecular complexity index is 603. The summed E-state index contributed by atoms with van der Waals surface area (Å²) in [5.41, 5.74) is 5.94. The van der Waals surface area contributed by atoms with Gasteiger partial charge < -0.3 is 10.5 Å². The molecule has 0 fully saturated rings. The van der Waals surface area contributed by atoms with E-state index in [4.69, 9.17) is 22.1 Å². The summed E-state index contributed by atoms with van der Waals surface area (Å²) in [6.07, 6.45) is 1.01. The largest absolute Gasteiger partial charge is 0.459 e. The summed E-state index contributed by atoms with van der Waals surface area (Å²) in [6, 6.07) is 7.02. The number of ether oxygens (including phenoxy) is 1. The normalized spacial score (nSPS) is 10.2. The standard InChI is InChI=1S/C11H9ClN4O3/c12-8-3-1-7(2-4-8)6-19-11-14-5-9(16(17)18)10(13)15-11/h1-5H,6H2,(H2,13,14,15). The van der Waals surface area contributed by atoms with E-state index in [0.717, 1.165) is 11.8 Å². The van der Waals surface area contributed by atoms with Crippen molar-refractivity contribution in [1.29, 1.82) is 0 Å². The highest BCUT2D eigenvalue weighted by molar-refractivity contribution is 6.30. The van der Waals surface area contributed by atoms with Gasteiger partial charge >= 0.3 is 11.7 Å². The lowest BCUT2D eigenvalue weighted by molar-refractivity contribution is -0.384. The number of nitro groups is 1. The highest BCUT2D eigenvalue weighted by Crippen LogP contribution is 2.19. The number of benzene rings is 1. The van der Waals surface area contributed by atoms with Gasteiger partial charge in [-0.1, -0.05) is 23.7 Å². The fraction of sp³-hybridized carbons (Fsp3) is 0.0909. The van der Waals surface area contributed by atoms with E-state index in [1.807, 2.05) is 0 Å². The van der Waals surface area contributed by atoms with E-state index in [-0.39, 0.29) is 24.1 Å². The Balaban J connectivity index is 2.06. The highest BCUT2D eigenvalue weighted by atomic mass is 35.5. The molecule has 2 aromatic rings. The van der Waals surface area contributed by atoms with Crippen molar-refractivity contribution in [2.24, 2.45) is 0 Å². The van der Waals surface area contributed by atoms with Crippen molar-refractivity contribution < 1.29 is 9.66 Å². The van der Waals surface area contributed by atoms with Gasteiger partial charge in [0.2, 0.25) is 5.82 Å². The number of nitrogens with zero attached hydrogens (tertiary/aromatic N) is 3. The first kappa shape index (κ1) is 13.0. The van der Waals surface area contributed by atoms with Crippen molar-refractivity contribution in [3.63, 3.8) is 0 Å². The molecule has 19 heavy (non-hydrogen) atoms. The number of anilines is 1. The predicted octanol–water partition coefficient (Wildman–Crippen LogP) is 2.20. The third kappa shape index (κ3) is 3.29. The molecule has 1 aromatic carbocycles. The Morgan fingerprint density at radius 1 is 1.37 bits per heavy atom. The number of hydrogen-bond donors (Lipinski definition) is 1. The minimum Gasteiger partial charge on any atom is -0.459 e. The molecule has 0 radical (unpaired) electrons. The van der Waals surface area contributed by atoms with Crippen molar-refractivity contribution in [2.75, 3.05) is 5.73 Å². The molecule has 0 atom stereocenters. The Labute approximate surface area is 113 Å². The summed E-state index contributed by atoms with van der Waals surface area (Å²) in [5.74, 6) is -0.230. The summed E-state index contributed by atoms with van der Waals surface area (Å²) in [7, 11) is 0. The molecule has 2 rings (SSSR count). The molecule has 1 heterocycles.